The summed E-state index contributed by atoms with van der Waals surface area (Å²) >= 11 is 0. The Bertz CT molecular complexity index is 441. The molecule has 2 atom stereocenters. The third-order valence-corrected chi connectivity index (χ3v) is 4.79. The quantitative estimate of drug-likeness (QED) is 0.826. The van der Waals surface area contributed by atoms with E-state index in [2.05, 4.69) is 50.4 Å². The van der Waals surface area contributed by atoms with E-state index in [1.165, 1.54) is 24.8 Å². The van der Waals surface area contributed by atoms with Crippen molar-refractivity contribution in [3.05, 3.63) is 29.8 Å². The van der Waals surface area contributed by atoms with Gasteiger partial charge in [0.1, 0.15) is 5.75 Å². The SMILES string of the molecule is CCNCC1CCC(C)(C)CC1c1cccc(OCC)c1. The lowest BCUT2D eigenvalue weighted by atomic mass is 9.65. The summed E-state index contributed by atoms with van der Waals surface area (Å²) in [7, 11) is 0. The van der Waals surface area contributed by atoms with E-state index in [9.17, 15) is 0 Å². The van der Waals surface area contributed by atoms with Gasteiger partial charge in [-0.2, -0.15) is 0 Å². The highest BCUT2D eigenvalue weighted by Crippen LogP contribution is 2.46. The van der Waals surface area contributed by atoms with Crippen LogP contribution in [0.2, 0.25) is 0 Å². The molecule has 0 radical (unpaired) electrons. The predicted molar refractivity (Wildman–Crippen MR) is 90.0 cm³/mol. The van der Waals surface area contributed by atoms with Crippen molar-refractivity contribution in [3.63, 3.8) is 0 Å². The minimum absolute atomic E-state index is 0.453. The summed E-state index contributed by atoms with van der Waals surface area (Å²) in [6.45, 7) is 12.0. The van der Waals surface area contributed by atoms with Crippen LogP contribution in [0.25, 0.3) is 0 Å². The first-order valence-corrected chi connectivity index (χ1v) is 8.49. The smallest absolute Gasteiger partial charge is 0.119 e. The molecule has 0 bridgehead atoms. The maximum Gasteiger partial charge on any atom is 0.119 e. The number of nitrogens with one attached hydrogen (secondary N) is 1. The van der Waals surface area contributed by atoms with Crippen molar-refractivity contribution in [1.29, 1.82) is 0 Å². The average molecular weight is 289 g/mol. The van der Waals surface area contributed by atoms with E-state index in [-0.39, 0.29) is 0 Å². The minimum Gasteiger partial charge on any atom is -0.494 e. The fourth-order valence-corrected chi connectivity index (χ4v) is 3.61. The Hall–Kier alpha value is -1.02. The molecule has 1 saturated carbocycles. The summed E-state index contributed by atoms with van der Waals surface area (Å²) in [6, 6.07) is 8.76. The van der Waals surface area contributed by atoms with Gasteiger partial charge in [-0.25, -0.2) is 0 Å². The number of rotatable bonds is 6. The highest BCUT2D eigenvalue weighted by Gasteiger charge is 2.35. The molecule has 0 aromatic heterocycles. The van der Waals surface area contributed by atoms with E-state index in [0.717, 1.165) is 31.4 Å². The van der Waals surface area contributed by atoms with Crippen LogP contribution >= 0.6 is 0 Å². The molecule has 118 valence electrons. The van der Waals surface area contributed by atoms with E-state index in [4.69, 9.17) is 4.74 Å². The van der Waals surface area contributed by atoms with Crippen LogP contribution < -0.4 is 10.1 Å². The fourth-order valence-electron chi connectivity index (χ4n) is 3.61. The molecule has 1 aromatic rings. The zero-order valence-corrected chi connectivity index (χ0v) is 14.1. The molecule has 1 N–H and O–H groups in total. The standard InChI is InChI=1S/C19H31NO/c1-5-20-14-16-10-11-19(3,4)13-18(16)15-8-7-9-17(12-15)21-6-2/h7-9,12,16,18,20H,5-6,10-11,13-14H2,1-4H3. The molecule has 0 spiro atoms. The molecule has 0 heterocycles. The van der Waals surface area contributed by atoms with Crippen molar-refractivity contribution in [1.82, 2.24) is 5.32 Å². The van der Waals surface area contributed by atoms with Crippen LogP contribution in [0.3, 0.4) is 0 Å². The molecule has 21 heavy (non-hydrogen) atoms. The van der Waals surface area contributed by atoms with Gasteiger partial charge < -0.3 is 10.1 Å². The van der Waals surface area contributed by atoms with Crippen LogP contribution in [-0.2, 0) is 0 Å². The van der Waals surface area contributed by atoms with Gasteiger partial charge >= 0.3 is 0 Å². The molecule has 2 nitrogen and oxygen atoms in total. The van der Waals surface area contributed by atoms with Crippen LogP contribution in [0, 0.1) is 11.3 Å². The Morgan fingerprint density at radius 1 is 1.29 bits per heavy atom. The largest absolute Gasteiger partial charge is 0.494 e. The molecule has 1 aliphatic carbocycles. The van der Waals surface area contributed by atoms with Crippen LogP contribution in [-0.4, -0.2) is 19.7 Å². The van der Waals surface area contributed by atoms with E-state index in [0.29, 0.717) is 11.3 Å². The van der Waals surface area contributed by atoms with Gasteiger partial charge in [0.2, 0.25) is 0 Å². The first-order valence-electron chi connectivity index (χ1n) is 8.49. The van der Waals surface area contributed by atoms with Crippen molar-refractivity contribution in [2.75, 3.05) is 19.7 Å². The Morgan fingerprint density at radius 3 is 2.81 bits per heavy atom. The van der Waals surface area contributed by atoms with E-state index >= 15 is 0 Å². The normalized spacial score (nSPS) is 24.8. The van der Waals surface area contributed by atoms with E-state index < -0.39 is 0 Å². The molecule has 0 amide bonds. The fraction of sp³-hybridized carbons (Fsp3) is 0.684. The topological polar surface area (TPSA) is 21.3 Å². The summed E-state index contributed by atoms with van der Waals surface area (Å²) in [5.74, 6) is 2.41. The van der Waals surface area contributed by atoms with Crippen molar-refractivity contribution >= 4 is 0 Å². The Labute approximate surface area is 130 Å². The third-order valence-electron chi connectivity index (χ3n) is 4.79. The Morgan fingerprint density at radius 2 is 2.10 bits per heavy atom. The molecular formula is C19H31NO. The van der Waals surface area contributed by atoms with Crippen molar-refractivity contribution < 1.29 is 4.74 Å². The molecule has 2 rings (SSSR count). The molecule has 2 unspecified atom stereocenters. The van der Waals surface area contributed by atoms with Crippen molar-refractivity contribution in [2.24, 2.45) is 11.3 Å². The number of ether oxygens (including phenoxy) is 1. The van der Waals surface area contributed by atoms with Crippen LogP contribution in [0.15, 0.2) is 24.3 Å². The highest BCUT2D eigenvalue weighted by molar-refractivity contribution is 5.32. The van der Waals surface area contributed by atoms with Gasteiger partial charge in [0.25, 0.3) is 0 Å². The second kappa shape index (κ2) is 7.31. The minimum atomic E-state index is 0.453. The third kappa shape index (κ3) is 4.47. The first kappa shape index (κ1) is 16.4. The second-order valence-corrected chi connectivity index (χ2v) is 7.09. The summed E-state index contributed by atoms with van der Waals surface area (Å²) in [5, 5.41) is 3.55. The van der Waals surface area contributed by atoms with Crippen LogP contribution in [0.5, 0.6) is 5.75 Å². The molecule has 1 aromatic carbocycles. The second-order valence-electron chi connectivity index (χ2n) is 7.09. The Kier molecular flexibility index (Phi) is 5.69. The highest BCUT2D eigenvalue weighted by atomic mass is 16.5. The lowest BCUT2D eigenvalue weighted by molar-refractivity contribution is 0.160. The lowest BCUT2D eigenvalue weighted by Gasteiger charge is -2.41. The molecular weight excluding hydrogens is 258 g/mol. The molecule has 0 aliphatic heterocycles. The number of hydrogen-bond acceptors (Lipinski definition) is 2. The van der Waals surface area contributed by atoms with E-state index in [1.54, 1.807) is 0 Å². The van der Waals surface area contributed by atoms with Crippen LogP contribution in [0.1, 0.15) is 58.4 Å². The average Bonchev–Trinajstić information content (AvgIpc) is 2.46. The summed E-state index contributed by atoms with van der Waals surface area (Å²) in [4.78, 5) is 0. The van der Waals surface area contributed by atoms with Gasteiger partial charge in [-0.05, 0) is 74.2 Å². The van der Waals surface area contributed by atoms with Gasteiger partial charge in [-0.3, -0.25) is 0 Å². The molecule has 2 heteroatoms. The lowest BCUT2D eigenvalue weighted by Crippen LogP contribution is -2.34. The maximum absolute atomic E-state index is 5.69. The monoisotopic (exact) mass is 289 g/mol. The summed E-state index contributed by atoms with van der Waals surface area (Å²) in [6.07, 6.45) is 3.94. The number of hydrogen-bond donors (Lipinski definition) is 1. The Balaban J connectivity index is 2.19. The number of benzene rings is 1. The zero-order chi connectivity index (χ0) is 15.3. The van der Waals surface area contributed by atoms with Crippen molar-refractivity contribution in [3.8, 4) is 5.75 Å². The maximum atomic E-state index is 5.69. The first-order chi connectivity index (χ1) is 10.1. The van der Waals surface area contributed by atoms with Gasteiger partial charge in [0.05, 0.1) is 6.61 Å². The zero-order valence-electron chi connectivity index (χ0n) is 14.1. The summed E-state index contributed by atoms with van der Waals surface area (Å²) in [5.41, 5.74) is 1.91. The van der Waals surface area contributed by atoms with Gasteiger partial charge in [0, 0.05) is 0 Å². The van der Waals surface area contributed by atoms with Gasteiger partial charge in [-0.15, -0.1) is 0 Å². The molecule has 1 aliphatic rings. The molecule has 0 saturated heterocycles. The van der Waals surface area contributed by atoms with E-state index in [1.807, 2.05) is 6.92 Å². The van der Waals surface area contributed by atoms with Crippen molar-refractivity contribution in [2.45, 2.75) is 52.9 Å². The predicted octanol–water partition coefficient (Wildman–Crippen LogP) is 4.60. The van der Waals surface area contributed by atoms with Gasteiger partial charge in [0.15, 0.2) is 0 Å². The summed E-state index contributed by atoms with van der Waals surface area (Å²) < 4.78 is 5.69. The van der Waals surface area contributed by atoms with Gasteiger partial charge in [-0.1, -0.05) is 32.9 Å². The molecule has 1 fully saturated rings. The van der Waals surface area contributed by atoms with Crippen LogP contribution in [0.4, 0.5) is 0 Å².